The molecule has 3 nitrogen and oxygen atoms in total. The van der Waals surface area contributed by atoms with Gasteiger partial charge < -0.3 is 10.6 Å². The fourth-order valence-electron chi connectivity index (χ4n) is 1.68. The number of halogens is 4. The van der Waals surface area contributed by atoms with E-state index in [0.717, 1.165) is 4.90 Å². The Morgan fingerprint density at radius 2 is 1.95 bits per heavy atom. The van der Waals surface area contributed by atoms with Gasteiger partial charge in [0.25, 0.3) is 5.91 Å². The lowest BCUT2D eigenvalue weighted by molar-refractivity contribution is -0.137. The average Bonchev–Trinajstić information content (AvgIpc) is 2.33. The van der Waals surface area contributed by atoms with E-state index >= 15 is 0 Å². The SMILES string of the molecule is CC(C)N(CC(N)=S)C(=O)c1cc(C(F)(F)F)ccc1F. The highest BCUT2D eigenvalue weighted by Crippen LogP contribution is 2.30. The summed E-state index contributed by atoms with van der Waals surface area (Å²) in [6.45, 7) is 3.12. The molecule has 8 heteroatoms. The summed E-state index contributed by atoms with van der Waals surface area (Å²) >= 11 is 4.69. The van der Waals surface area contributed by atoms with Gasteiger partial charge in [-0.2, -0.15) is 13.2 Å². The largest absolute Gasteiger partial charge is 0.416 e. The summed E-state index contributed by atoms with van der Waals surface area (Å²) in [5, 5.41) is 0. The molecule has 1 aromatic rings. The van der Waals surface area contributed by atoms with Crippen molar-refractivity contribution in [1.29, 1.82) is 0 Å². The first-order valence-corrected chi connectivity index (χ1v) is 6.41. The molecular formula is C13H14F4N2OS. The number of carbonyl (C=O) groups is 1. The van der Waals surface area contributed by atoms with Gasteiger partial charge in [-0.15, -0.1) is 0 Å². The van der Waals surface area contributed by atoms with E-state index in [1.54, 1.807) is 13.8 Å². The van der Waals surface area contributed by atoms with Crippen molar-refractivity contribution >= 4 is 23.1 Å². The molecule has 2 N–H and O–H groups in total. The van der Waals surface area contributed by atoms with E-state index in [4.69, 9.17) is 5.73 Å². The zero-order chi connectivity index (χ0) is 16.4. The third kappa shape index (κ3) is 4.38. The van der Waals surface area contributed by atoms with Crippen molar-refractivity contribution in [3.8, 4) is 0 Å². The Labute approximate surface area is 124 Å². The summed E-state index contributed by atoms with van der Waals surface area (Å²) < 4.78 is 51.6. The first kappa shape index (κ1) is 17.4. The smallest absolute Gasteiger partial charge is 0.392 e. The Hall–Kier alpha value is -1.70. The number of amides is 1. The van der Waals surface area contributed by atoms with Crippen LogP contribution >= 0.6 is 12.2 Å². The van der Waals surface area contributed by atoms with Crippen LogP contribution in [0.5, 0.6) is 0 Å². The molecule has 0 bridgehead atoms. The first-order valence-electron chi connectivity index (χ1n) is 6.00. The zero-order valence-corrected chi connectivity index (χ0v) is 12.2. The van der Waals surface area contributed by atoms with Crippen LogP contribution in [0.3, 0.4) is 0 Å². The minimum Gasteiger partial charge on any atom is -0.392 e. The summed E-state index contributed by atoms with van der Waals surface area (Å²) in [4.78, 5) is 13.3. The minimum atomic E-state index is -4.66. The number of benzene rings is 1. The maximum Gasteiger partial charge on any atom is 0.416 e. The average molecular weight is 322 g/mol. The lowest BCUT2D eigenvalue weighted by Crippen LogP contribution is -2.42. The Kier molecular flexibility index (Phi) is 5.27. The summed E-state index contributed by atoms with van der Waals surface area (Å²) in [5.41, 5.74) is 3.60. The Bertz CT molecular complexity index is 558. The van der Waals surface area contributed by atoms with Crippen LogP contribution in [0.25, 0.3) is 0 Å². The first-order chi connectivity index (χ1) is 9.54. The molecule has 1 amide bonds. The molecule has 0 saturated carbocycles. The lowest BCUT2D eigenvalue weighted by atomic mass is 10.1. The second kappa shape index (κ2) is 6.38. The third-order valence-corrected chi connectivity index (χ3v) is 2.86. The molecule has 0 aliphatic carbocycles. The number of thiocarbonyl (C=S) groups is 1. The van der Waals surface area contributed by atoms with E-state index in [1.807, 2.05) is 0 Å². The van der Waals surface area contributed by atoms with Crippen LogP contribution in [0.1, 0.15) is 29.8 Å². The predicted octanol–water partition coefficient (Wildman–Crippen LogP) is 2.98. The van der Waals surface area contributed by atoms with E-state index in [0.29, 0.717) is 18.2 Å². The Morgan fingerprint density at radius 1 is 1.38 bits per heavy atom. The summed E-state index contributed by atoms with van der Waals surface area (Å²) in [6.07, 6.45) is -4.66. The van der Waals surface area contributed by atoms with Gasteiger partial charge in [-0.3, -0.25) is 4.79 Å². The molecule has 0 aliphatic rings. The van der Waals surface area contributed by atoms with Crippen LogP contribution in [-0.2, 0) is 6.18 Å². The molecule has 0 heterocycles. The summed E-state index contributed by atoms with van der Waals surface area (Å²) in [5.74, 6) is -1.91. The molecule has 1 aromatic carbocycles. The van der Waals surface area contributed by atoms with Crippen LogP contribution in [0, 0.1) is 5.82 Å². The molecule has 0 aliphatic heterocycles. The molecule has 0 atom stereocenters. The highest BCUT2D eigenvalue weighted by molar-refractivity contribution is 7.80. The maximum atomic E-state index is 13.7. The standard InChI is InChI=1S/C13H14F4N2OS/c1-7(2)19(6-11(18)21)12(20)9-5-8(13(15,16)17)3-4-10(9)14/h3-5,7H,6H2,1-2H3,(H2,18,21). The number of rotatable bonds is 4. The van der Waals surface area contributed by atoms with Gasteiger partial charge in [0.15, 0.2) is 0 Å². The van der Waals surface area contributed by atoms with Crippen molar-refractivity contribution < 1.29 is 22.4 Å². The predicted molar refractivity (Wildman–Crippen MR) is 74.4 cm³/mol. The van der Waals surface area contributed by atoms with Crippen LogP contribution < -0.4 is 5.73 Å². The highest BCUT2D eigenvalue weighted by Gasteiger charge is 2.33. The molecule has 0 unspecified atom stereocenters. The van der Waals surface area contributed by atoms with Crippen molar-refractivity contribution in [2.75, 3.05) is 6.54 Å². The van der Waals surface area contributed by atoms with E-state index in [1.165, 1.54) is 0 Å². The number of hydrogen-bond acceptors (Lipinski definition) is 2. The fourth-order valence-corrected chi connectivity index (χ4v) is 1.82. The van der Waals surface area contributed by atoms with Crippen LogP contribution in [0.2, 0.25) is 0 Å². The molecule has 0 spiro atoms. The minimum absolute atomic E-state index is 0.00978. The summed E-state index contributed by atoms with van der Waals surface area (Å²) in [6, 6.07) is 1.30. The normalized spacial score (nSPS) is 11.6. The topological polar surface area (TPSA) is 46.3 Å². The maximum absolute atomic E-state index is 13.7. The van der Waals surface area contributed by atoms with Gasteiger partial charge >= 0.3 is 6.18 Å². The van der Waals surface area contributed by atoms with Crippen LogP contribution in [0.15, 0.2) is 18.2 Å². The molecule has 21 heavy (non-hydrogen) atoms. The number of alkyl halides is 3. The Balaban J connectivity index is 3.24. The van der Waals surface area contributed by atoms with Crippen LogP contribution in [0.4, 0.5) is 17.6 Å². The van der Waals surface area contributed by atoms with Gasteiger partial charge in [0.05, 0.1) is 22.7 Å². The van der Waals surface area contributed by atoms with Crippen molar-refractivity contribution in [2.45, 2.75) is 26.1 Å². The summed E-state index contributed by atoms with van der Waals surface area (Å²) in [7, 11) is 0. The van der Waals surface area contributed by atoms with E-state index in [9.17, 15) is 22.4 Å². The second-order valence-electron chi connectivity index (χ2n) is 4.69. The number of carbonyl (C=O) groups excluding carboxylic acids is 1. The number of hydrogen-bond donors (Lipinski definition) is 1. The number of nitrogens with zero attached hydrogens (tertiary/aromatic N) is 1. The third-order valence-electron chi connectivity index (χ3n) is 2.73. The van der Waals surface area contributed by atoms with E-state index in [2.05, 4.69) is 12.2 Å². The molecule has 116 valence electrons. The van der Waals surface area contributed by atoms with Crippen molar-refractivity contribution in [2.24, 2.45) is 5.73 Å². The van der Waals surface area contributed by atoms with Crippen molar-refractivity contribution in [3.05, 3.63) is 35.1 Å². The highest BCUT2D eigenvalue weighted by atomic mass is 32.1. The van der Waals surface area contributed by atoms with Crippen LogP contribution in [-0.4, -0.2) is 28.4 Å². The molecule has 0 aromatic heterocycles. The van der Waals surface area contributed by atoms with Gasteiger partial charge in [0.1, 0.15) is 5.82 Å². The zero-order valence-electron chi connectivity index (χ0n) is 11.4. The second-order valence-corrected chi connectivity index (χ2v) is 5.21. The lowest BCUT2D eigenvalue weighted by Gasteiger charge is -2.26. The molecule has 0 saturated heterocycles. The molecule has 0 fully saturated rings. The quantitative estimate of drug-likeness (QED) is 0.685. The number of nitrogens with two attached hydrogens (primary N) is 1. The Morgan fingerprint density at radius 3 is 2.38 bits per heavy atom. The molecular weight excluding hydrogens is 308 g/mol. The van der Waals surface area contributed by atoms with Gasteiger partial charge in [0.2, 0.25) is 0 Å². The fraction of sp³-hybridized carbons (Fsp3) is 0.385. The van der Waals surface area contributed by atoms with Gasteiger partial charge in [-0.1, -0.05) is 12.2 Å². The van der Waals surface area contributed by atoms with Gasteiger partial charge in [-0.05, 0) is 32.0 Å². The monoisotopic (exact) mass is 322 g/mol. The molecule has 0 radical (unpaired) electrons. The van der Waals surface area contributed by atoms with Crippen molar-refractivity contribution in [1.82, 2.24) is 4.90 Å². The van der Waals surface area contributed by atoms with E-state index < -0.39 is 35.1 Å². The molecule has 1 rings (SSSR count). The van der Waals surface area contributed by atoms with E-state index in [-0.39, 0.29) is 11.5 Å². The van der Waals surface area contributed by atoms with Gasteiger partial charge in [0, 0.05) is 6.04 Å². The van der Waals surface area contributed by atoms with Crippen molar-refractivity contribution in [3.63, 3.8) is 0 Å². The van der Waals surface area contributed by atoms with Gasteiger partial charge in [-0.25, -0.2) is 4.39 Å².